The molecule has 0 bridgehead atoms. The second kappa shape index (κ2) is 3.05. The first-order valence-corrected chi connectivity index (χ1v) is 2.66. The highest BCUT2D eigenvalue weighted by Crippen LogP contribution is 2.05. The Morgan fingerprint density at radius 3 is 2.00 bits per heavy atom. The summed E-state index contributed by atoms with van der Waals surface area (Å²) in [6.07, 6.45) is 0. The molecule has 0 aliphatic heterocycles. The van der Waals surface area contributed by atoms with Gasteiger partial charge < -0.3 is 0 Å². The van der Waals surface area contributed by atoms with Crippen molar-refractivity contribution < 1.29 is 9.78 Å². The summed E-state index contributed by atoms with van der Waals surface area (Å²) in [4.78, 5) is 9.40. The van der Waals surface area contributed by atoms with Crippen LogP contribution in [0.5, 0.6) is 0 Å². The highest BCUT2D eigenvalue weighted by atomic mass is 17.2. The minimum Gasteiger partial charge on any atom is -0.236 e. The smallest absolute Gasteiger partial charge is 0.0952 e. The molecule has 0 saturated heterocycles. The van der Waals surface area contributed by atoms with Crippen LogP contribution in [0.4, 0.5) is 0 Å². The van der Waals surface area contributed by atoms with Crippen LogP contribution in [-0.4, -0.2) is 12.2 Å². The van der Waals surface area contributed by atoms with Gasteiger partial charge in [0.1, 0.15) is 0 Å². The average molecular weight is 117 g/mol. The molecule has 0 aromatic carbocycles. The summed E-state index contributed by atoms with van der Waals surface area (Å²) in [5, 5.41) is 0. The van der Waals surface area contributed by atoms with E-state index in [1.165, 1.54) is 0 Å². The van der Waals surface area contributed by atoms with Gasteiger partial charge in [0.2, 0.25) is 0 Å². The molecule has 0 amide bonds. The third-order valence-electron chi connectivity index (χ3n) is 0.392. The normalized spacial score (nSPS) is 12.0. The van der Waals surface area contributed by atoms with Crippen molar-refractivity contribution >= 4 is 0 Å². The maximum atomic E-state index is 4.82. The first-order chi connectivity index (χ1) is 3.56. The van der Waals surface area contributed by atoms with Crippen LogP contribution in [0, 0.1) is 6.92 Å². The Morgan fingerprint density at radius 2 is 1.88 bits per heavy atom. The molecular weight excluding hydrogens is 104 g/mol. The maximum Gasteiger partial charge on any atom is 0.0952 e. The van der Waals surface area contributed by atoms with Gasteiger partial charge in [-0.3, -0.25) is 0 Å². The van der Waals surface area contributed by atoms with Gasteiger partial charge >= 0.3 is 0 Å². The molecule has 2 nitrogen and oxygen atoms in total. The highest BCUT2D eigenvalue weighted by molar-refractivity contribution is 4.54. The van der Waals surface area contributed by atoms with Gasteiger partial charge in [0.05, 0.1) is 12.2 Å². The van der Waals surface area contributed by atoms with E-state index in [2.05, 4.69) is 11.8 Å². The predicted molar refractivity (Wildman–Crippen MR) is 32.1 cm³/mol. The third kappa shape index (κ3) is 5.92. The Bertz CT molecular complexity index is 54.0. The van der Waals surface area contributed by atoms with Gasteiger partial charge in [-0.05, 0) is 27.7 Å². The molecule has 0 fully saturated rings. The van der Waals surface area contributed by atoms with Crippen molar-refractivity contribution in [3.63, 3.8) is 0 Å². The molecule has 0 spiro atoms. The summed E-state index contributed by atoms with van der Waals surface area (Å²) in [6.45, 7) is 9.56. The minimum atomic E-state index is -0.211. The van der Waals surface area contributed by atoms with Crippen molar-refractivity contribution in [3.05, 3.63) is 6.92 Å². The Balaban J connectivity index is 3.11. The van der Waals surface area contributed by atoms with Crippen molar-refractivity contribution in [1.29, 1.82) is 0 Å². The first kappa shape index (κ1) is 7.92. The molecule has 0 aromatic heterocycles. The third-order valence-corrected chi connectivity index (χ3v) is 0.392. The van der Waals surface area contributed by atoms with Crippen LogP contribution < -0.4 is 0 Å². The van der Waals surface area contributed by atoms with Gasteiger partial charge in [-0.2, -0.15) is 0 Å². The lowest BCUT2D eigenvalue weighted by molar-refractivity contribution is -0.342. The fourth-order valence-corrected chi connectivity index (χ4v) is 0.218. The van der Waals surface area contributed by atoms with Crippen LogP contribution in [0.3, 0.4) is 0 Å². The molecule has 0 rings (SSSR count). The minimum absolute atomic E-state index is 0.211. The SMILES string of the molecule is [CH2]COOC(C)(C)C. The van der Waals surface area contributed by atoms with Crippen LogP contribution in [0.25, 0.3) is 0 Å². The van der Waals surface area contributed by atoms with Crippen LogP contribution in [0.15, 0.2) is 0 Å². The molecule has 2 heteroatoms. The van der Waals surface area contributed by atoms with Gasteiger partial charge in [0.25, 0.3) is 0 Å². The molecular formula is C6H13O2. The second-order valence-electron chi connectivity index (χ2n) is 2.52. The lowest BCUT2D eigenvalue weighted by Crippen LogP contribution is -2.19. The summed E-state index contributed by atoms with van der Waals surface area (Å²) >= 11 is 0. The molecule has 8 heavy (non-hydrogen) atoms. The van der Waals surface area contributed by atoms with Gasteiger partial charge in [-0.25, -0.2) is 9.78 Å². The average Bonchev–Trinajstić information content (AvgIpc) is 1.59. The van der Waals surface area contributed by atoms with Crippen LogP contribution >= 0.6 is 0 Å². The standard InChI is InChI=1S/C6H13O2/c1-5-7-8-6(2,3)4/h1,5H2,2-4H3. The van der Waals surface area contributed by atoms with Crippen molar-refractivity contribution in [2.45, 2.75) is 26.4 Å². The number of hydrogen-bond donors (Lipinski definition) is 0. The summed E-state index contributed by atoms with van der Waals surface area (Å²) in [5.41, 5.74) is -0.211. The monoisotopic (exact) mass is 117 g/mol. The van der Waals surface area contributed by atoms with E-state index in [-0.39, 0.29) is 5.60 Å². The van der Waals surface area contributed by atoms with Gasteiger partial charge in [0, 0.05) is 0 Å². The van der Waals surface area contributed by atoms with E-state index >= 15 is 0 Å². The van der Waals surface area contributed by atoms with Crippen molar-refractivity contribution in [3.8, 4) is 0 Å². The zero-order valence-electron chi connectivity index (χ0n) is 5.73. The van der Waals surface area contributed by atoms with E-state index in [1.807, 2.05) is 20.8 Å². The molecule has 0 N–H and O–H groups in total. The Morgan fingerprint density at radius 1 is 1.38 bits per heavy atom. The van der Waals surface area contributed by atoms with E-state index in [0.29, 0.717) is 6.61 Å². The zero-order chi connectivity index (χ0) is 6.62. The Labute approximate surface area is 50.7 Å². The van der Waals surface area contributed by atoms with E-state index in [0.717, 1.165) is 0 Å². The maximum absolute atomic E-state index is 4.82. The molecule has 0 unspecified atom stereocenters. The van der Waals surface area contributed by atoms with Crippen LogP contribution in [0.1, 0.15) is 20.8 Å². The molecule has 0 aromatic rings. The van der Waals surface area contributed by atoms with Crippen LogP contribution in [0.2, 0.25) is 0 Å². The topological polar surface area (TPSA) is 18.5 Å². The van der Waals surface area contributed by atoms with E-state index in [4.69, 9.17) is 4.89 Å². The number of hydrogen-bond acceptors (Lipinski definition) is 2. The van der Waals surface area contributed by atoms with Crippen molar-refractivity contribution in [2.24, 2.45) is 0 Å². The zero-order valence-corrected chi connectivity index (χ0v) is 5.73. The van der Waals surface area contributed by atoms with E-state index < -0.39 is 0 Å². The lowest BCUT2D eigenvalue weighted by Gasteiger charge is -2.16. The van der Waals surface area contributed by atoms with Gasteiger partial charge in [-0.15, -0.1) is 0 Å². The van der Waals surface area contributed by atoms with E-state index in [9.17, 15) is 0 Å². The molecule has 1 radical (unpaired) electrons. The highest BCUT2D eigenvalue weighted by Gasteiger charge is 2.09. The Hall–Kier alpha value is -0.0800. The van der Waals surface area contributed by atoms with Gasteiger partial charge in [0.15, 0.2) is 0 Å². The lowest BCUT2D eigenvalue weighted by atomic mass is 10.2. The molecule has 0 saturated carbocycles. The molecule has 0 aliphatic carbocycles. The number of rotatable bonds is 2. The predicted octanol–water partition coefficient (Wildman–Crippen LogP) is 1.57. The fraction of sp³-hybridized carbons (Fsp3) is 0.833. The largest absolute Gasteiger partial charge is 0.236 e. The van der Waals surface area contributed by atoms with Crippen molar-refractivity contribution in [2.75, 3.05) is 6.61 Å². The van der Waals surface area contributed by atoms with Crippen LogP contribution in [-0.2, 0) is 9.78 Å². The fourth-order valence-electron chi connectivity index (χ4n) is 0.218. The van der Waals surface area contributed by atoms with E-state index in [1.54, 1.807) is 0 Å². The molecule has 0 atom stereocenters. The molecule has 0 aliphatic rings. The second-order valence-corrected chi connectivity index (χ2v) is 2.52. The quantitative estimate of drug-likeness (QED) is 0.403. The first-order valence-electron chi connectivity index (χ1n) is 2.66. The van der Waals surface area contributed by atoms with Gasteiger partial charge in [-0.1, -0.05) is 0 Å². The Kier molecular flexibility index (Phi) is 3.02. The summed E-state index contributed by atoms with van der Waals surface area (Å²) in [7, 11) is 0. The summed E-state index contributed by atoms with van der Waals surface area (Å²) in [6, 6.07) is 0. The molecule has 0 heterocycles. The summed E-state index contributed by atoms with van der Waals surface area (Å²) < 4.78 is 0. The molecule has 49 valence electrons. The summed E-state index contributed by atoms with van der Waals surface area (Å²) in [5.74, 6) is 0. The van der Waals surface area contributed by atoms with Crippen molar-refractivity contribution in [1.82, 2.24) is 0 Å².